The van der Waals surface area contributed by atoms with Crippen molar-refractivity contribution < 1.29 is 4.74 Å². The molecule has 2 aliphatic rings. The van der Waals surface area contributed by atoms with E-state index >= 15 is 0 Å². The van der Waals surface area contributed by atoms with Gasteiger partial charge in [0.05, 0.1) is 0 Å². The Labute approximate surface area is 208 Å². The maximum Gasteiger partial charge on any atom is 0.148 e. The minimum atomic E-state index is -0.643. The highest BCUT2D eigenvalue weighted by Gasteiger charge is 2.46. The average molecular weight is 461 g/mol. The van der Waals surface area contributed by atoms with Crippen molar-refractivity contribution in [2.45, 2.75) is 31.2 Å². The minimum absolute atomic E-state index is 0.0517. The topological polar surface area (TPSA) is 24.5 Å². The largest absolute Gasteiger partial charge is 0.360 e. The summed E-state index contributed by atoms with van der Waals surface area (Å²) in [7, 11) is 0. The van der Waals surface area contributed by atoms with Crippen LogP contribution >= 0.6 is 0 Å². The van der Waals surface area contributed by atoms with Crippen molar-refractivity contribution in [1.82, 2.24) is 4.90 Å². The molecule has 0 bridgehead atoms. The van der Waals surface area contributed by atoms with Gasteiger partial charge in [-0.1, -0.05) is 109 Å². The van der Waals surface area contributed by atoms with E-state index in [0.717, 1.165) is 32.5 Å². The van der Waals surface area contributed by atoms with Crippen LogP contribution in [-0.2, 0) is 16.9 Å². The molecule has 1 atom stereocenters. The molecule has 2 aliphatic heterocycles. The lowest BCUT2D eigenvalue weighted by molar-refractivity contribution is -0.0781. The van der Waals surface area contributed by atoms with E-state index in [1.807, 2.05) is 0 Å². The molecule has 0 aliphatic carbocycles. The van der Waals surface area contributed by atoms with Crippen molar-refractivity contribution in [3.63, 3.8) is 0 Å². The van der Waals surface area contributed by atoms with Gasteiger partial charge in [0, 0.05) is 23.7 Å². The number of benzene rings is 4. The first-order valence-corrected chi connectivity index (χ1v) is 12.7. The van der Waals surface area contributed by atoms with Crippen LogP contribution in [0.5, 0.6) is 0 Å². The van der Waals surface area contributed by atoms with Gasteiger partial charge in [0.15, 0.2) is 0 Å². The number of fused-ring (bicyclic) bond motifs is 1. The summed E-state index contributed by atoms with van der Waals surface area (Å²) < 4.78 is 7.24. The van der Waals surface area contributed by atoms with E-state index in [1.54, 1.807) is 0 Å². The van der Waals surface area contributed by atoms with E-state index in [4.69, 9.17) is 4.74 Å². The zero-order chi connectivity index (χ0) is 23.5. The van der Waals surface area contributed by atoms with Crippen molar-refractivity contribution in [3.05, 3.63) is 138 Å². The second kappa shape index (κ2) is 9.69. The third-order valence-electron chi connectivity index (χ3n) is 7.58. The number of piperidine rings is 1. The smallest absolute Gasteiger partial charge is 0.148 e. The van der Waals surface area contributed by atoms with Crippen LogP contribution in [0, 0.1) is 5.92 Å². The molecule has 4 aromatic carbocycles. The molecule has 0 unspecified atom stereocenters. The molecule has 3 nitrogen and oxygen atoms in total. The minimum Gasteiger partial charge on any atom is -0.360 e. The highest BCUT2D eigenvalue weighted by Crippen LogP contribution is 2.48. The molecular weight excluding hydrogens is 428 g/mol. The summed E-state index contributed by atoms with van der Waals surface area (Å²) in [6.07, 6.45) is 2.18. The number of nitrogens with one attached hydrogen (secondary N) is 1. The van der Waals surface area contributed by atoms with E-state index < -0.39 is 5.60 Å². The third-order valence-corrected chi connectivity index (χ3v) is 7.58. The standard InChI is InChI=1S/C32H32N2O/c1-4-12-25(13-5-1)24-34-22-20-26(21-23-34)31-33-30-19-11-10-18-29(30)32(35-31,27-14-6-2-7-15-27)28-16-8-3-9-17-28/h1-19,26,31,33H,20-24H2/t31-/m1/s1. The second-order valence-corrected chi connectivity index (χ2v) is 9.74. The number of hydrogen-bond donors (Lipinski definition) is 1. The maximum absolute atomic E-state index is 7.24. The molecule has 3 heteroatoms. The van der Waals surface area contributed by atoms with Crippen LogP contribution in [0.4, 0.5) is 5.69 Å². The molecular formula is C32H32N2O. The van der Waals surface area contributed by atoms with Crippen molar-refractivity contribution in [2.75, 3.05) is 18.4 Å². The Balaban J connectivity index is 1.32. The van der Waals surface area contributed by atoms with Gasteiger partial charge in [-0.15, -0.1) is 0 Å². The summed E-state index contributed by atoms with van der Waals surface area (Å²) in [6, 6.07) is 40.9. The van der Waals surface area contributed by atoms with E-state index in [2.05, 4.69) is 125 Å². The zero-order valence-corrected chi connectivity index (χ0v) is 20.0. The van der Waals surface area contributed by atoms with Crippen LogP contribution in [-0.4, -0.2) is 24.2 Å². The number of anilines is 1. The Morgan fingerprint density at radius 2 is 1.23 bits per heavy atom. The molecule has 0 amide bonds. The fraction of sp³-hybridized carbons (Fsp3) is 0.250. The summed E-state index contributed by atoms with van der Waals surface area (Å²) >= 11 is 0. The number of nitrogens with zero attached hydrogens (tertiary/aromatic N) is 1. The van der Waals surface area contributed by atoms with Gasteiger partial charge in [0.25, 0.3) is 0 Å². The number of likely N-dealkylation sites (tertiary alicyclic amines) is 1. The molecule has 1 saturated heterocycles. The van der Waals surface area contributed by atoms with Crippen molar-refractivity contribution in [1.29, 1.82) is 0 Å². The zero-order valence-electron chi connectivity index (χ0n) is 20.0. The molecule has 0 saturated carbocycles. The van der Waals surface area contributed by atoms with Crippen LogP contribution in [0.15, 0.2) is 115 Å². The predicted molar refractivity (Wildman–Crippen MR) is 142 cm³/mol. The highest BCUT2D eigenvalue weighted by atomic mass is 16.5. The molecule has 0 spiro atoms. The maximum atomic E-state index is 7.24. The summed E-state index contributed by atoms with van der Waals surface area (Å²) in [4.78, 5) is 2.57. The van der Waals surface area contributed by atoms with Gasteiger partial charge >= 0.3 is 0 Å². The quantitative estimate of drug-likeness (QED) is 0.360. The van der Waals surface area contributed by atoms with Crippen LogP contribution in [0.2, 0.25) is 0 Å². The summed E-state index contributed by atoms with van der Waals surface area (Å²) in [5.41, 5.74) is 5.44. The average Bonchev–Trinajstić information content (AvgIpc) is 2.94. The predicted octanol–water partition coefficient (Wildman–Crippen LogP) is 6.66. The monoisotopic (exact) mass is 460 g/mol. The normalized spacial score (nSPS) is 20.1. The van der Waals surface area contributed by atoms with Crippen LogP contribution in [0.1, 0.15) is 35.1 Å². The van der Waals surface area contributed by atoms with Crippen LogP contribution in [0.25, 0.3) is 0 Å². The molecule has 35 heavy (non-hydrogen) atoms. The van der Waals surface area contributed by atoms with E-state index in [0.29, 0.717) is 5.92 Å². The van der Waals surface area contributed by atoms with Gasteiger partial charge in [-0.25, -0.2) is 0 Å². The third kappa shape index (κ3) is 4.27. The molecule has 176 valence electrons. The Bertz CT molecular complexity index is 1190. The van der Waals surface area contributed by atoms with Crippen LogP contribution < -0.4 is 5.32 Å². The summed E-state index contributed by atoms with van der Waals surface area (Å²) in [5.74, 6) is 0.446. The second-order valence-electron chi connectivity index (χ2n) is 9.74. The molecule has 6 rings (SSSR count). The number of ether oxygens (including phenoxy) is 1. The summed E-state index contributed by atoms with van der Waals surface area (Å²) in [5, 5.41) is 3.78. The lowest BCUT2D eigenvalue weighted by Gasteiger charge is -2.47. The number of rotatable bonds is 5. The van der Waals surface area contributed by atoms with Gasteiger partial charge in [-0.05, 0) is 48.7 Å². The Kier molecular flexibility index (Phi) is 6.12. The molecule has 4 aromatic rings. The molecule has 1 N–H and O–H groups in total. The first kappa shape index (κ1) is 22.1. The van der Waals surface area contributed by atoms with Gasteiger partial charge in [-0.2, -0.15) is 0 Å². The van der Waals surface area contributed by atoms with Crippen molar-refractivity contribution in [3.8, 4) is 0 Å². The van der Waals surface area contributed by atoms with Gasteiger partial charge in [0.2, 0.25) is 0 Å². The number of hydrogen-bond acceptors (Lipinski definition) is 3. The van der Waals surface area contributed by atoms with Gasteiger partial charge in [0.1, 0.15) is 11.8 Å². The number of para-hydroxylation sites is 1. The summed E-state index contributed by atoms with van der Waals surface area (Å²) in [6.45, 7) is 3.20. The van der Waals surface area contributed by atoms with Gasteiger partial charge < -0.3 is 10.1 Å². The highest BCUT2D eigenvalue weighted by molar-refractivity contribution is 5.63. The lowest BCUT2D eigenvalue weighted by atomic mass is 9.77. The first-order chi connectivity index (χ1) is 17.3. The van der Waals surface area contributed by atoms with Crippen molar-refractivity contribution >= 4 is 5.69 Å². The fourth-order valence-corrected chi connectivity index (χ4v) is 5.78. The van der Waals surface area contributed by atoms with E-state index in [-0.39, 0.29) is 6.23 Å². The molecule has 0 radical (unpaired) electrons. The van der Waals surface area contributed by atoms with Crippen molar-refractivity contribution in [2.24, 2.45) is 5.92 Å². The van der Waals surface area contributed by atoms with Crippen LogP contribution in [0.3, 0.4) is 0 Å². The first-order valence-electron chi connectivity index (χ1n) is 12.7. The van der Waals surface area contributed by atoms with E-state index in [9.17, 15) is 0 Å². The molecule has 1 fully saturated rings. The Morgan fingerprint density at radius 3 is 1.86 bits per heavy atom. The Morgan fingerprint density at radius 1 is 0.686 bits per heavy atom. The lowest BCUT2D eigenvalue weighted by Crippen LogP contribution is -2.49. The van der Waals surface area contributed by atoms with Gasteiger partial charge in [-0.3, -0.25) is 4.90 Å². The molecule has 2 heterocycles. The SMILES string of the molecule is c1ccc(CN2CCC([C@@H]3Nc4ccccc4C(c4ccccc4)(c4ccccc4)O3)CC2)cc1. The Hall–Kier alpha value is -3.40. The molecule has 0 aromatic heterocycles. The van der Waals surface area contributed by atoms with E-state index in [1.165, 1.54) is 27.9 Å². The fourth-order valence-electron chi connectivity index (χ4n) is 5.78.